The van der Waals surface area contributed by atoms with Crippen molar-refractivity contribution in [1.29, 1.82) is 0 Å². The second-order valence-corrected chi connectivity index (χ2v) is 13.5. The summed E-state index contributed by atoms with van der Waals surface area (Å²) < 4.78 is 8.69. The molecule has 0 unspecified atom stereocenters. The van der Waals surface area contributed by atoms with Crippen LogP contribution in [0.3, 0.4) is 0 Å². The van der Waals surface area contributed by atoms with Crippen molar-refractivity contribution in [2.24, 2.45) is 0 Å². The van der Waals surface area contributed by atoms with E-state index in [4.69, 9.17) is 19.4 Å². The van der Waals surface area contributed by atoms with Gasteiger partial charge in [0, 0.05) is 47.6 Å². The molecule has 3 heterocycles. The maximum atomic E-state index is 6.27. The largest absolute Gasteiger partial charge is 0.456 e. The van der Waals surface area contributed by atoms with Crippen molar-refractivity contribution in [2.75, 3.05) is 0 Å². The van der Waals surface area contributed by atoms with Crippen LogP contribution in [0.5, 0.6) is 0 Å². The number of hydrogen-bond donors (Lipinski definition) is 0. The van der Waals surface area contributed by atoms with E-state index in [1.54, 1.807) is 11.3 Å². The van der Waals surface area contributed by atoms with Crippen LogP contribution in [0, 0.1) is 0 Å². The normalized spacial score (nSPS) is 11.6. The van der Waals surface area contributed by atoms with Crippen LogP contribution in [0.2, 0.25) is 0 Å². The van der Waals surface area contributed by atoms with Gasteiger partial charge in [-0.15, -0.1) is 11.3 Å². The Labute approximate surface area is 292 Å². The molecule has 0 saturated heterocycles. The predicted octanol–water partition coefficient (Wildman–Crippen LogP) is 12.5. The van der Waals surface area contributed by atoms with E-state index in [1.165, 1.54) is 25.9 Å². The summed E-state index contributed by atoms with van der Waals surface area (Å²) in [5.74, 6) is 1.87. The molecule has 5 heteroatoms. The summed E-state index contributed by atoms with van der Waals surface area (Å²) in [4.78, 5) is 15.6. The molecular weight excluding hydrogens is 631 g/mol. The van der Waals surface area contributed by atoms with Gasteiger partial charge in [0.05, 0.1) is 0 Å². The molecular formula is C45H27N3OS. The molecule has 10 rings (SSSR count). The lowest BCUT2D eigenvalue weighted by molar-refractivity contribution is 0.669. The van der Waals surface area contributed by atoms with Crippen molar-refractivity contribution < 1.29 is 4.42 Å². The average Bonchev–Trinajstić information content (AvgIpc) is 3.77. The quantitative estimate of drug-likeness (QED) is 0.185. The molecule has 0 N–H and O–H groups in total. The topological polar surface area (TPSA) is 51.8 Å². The van der Waals surface area contributed by atoms with Gasteiger partial charge in [-0.05, 0) is 52.6 Å². The predicted molar refractivity (Wildman–Crippen MR) is 207 cm³/mol. The first-order valence-corrected chi connectivity index (χ1v) is 17.4. The third-order valence-electron chi connectivity index (χ3n) is 9.36. The Morgan fingerprint density at radius 2 is 0.940 bits per heavy atom. The Morgan fingerprint density at radius 1 is 0.360 bits per heavy atom. The van der Waals surface area contributed by atoms with Gasteiger partial charge in [-0.1, -0.05) is 133 Å². The molecule has 0 fully saturated rings. The zero-order chi connectivity index (χ0) is 33.0. The highest BCUT2D eigenvalue weighted by molar-refractivity contribution is 7.26. The molecule has 234 valence electrons. The van der Waals surface area contributed by atoms with Gasteiger partial charge in [0.1, 0.15) is 11.2 Å². The van der Waals surface area contributed by atoms with Crippen LogP contribution in [0.4, 0.5) is 0 Å². The molecule has 0 aliphatic rings. The van der Waals surface area contributed by atoms with Crippen LogP contribution in [-0.2, 0) is 0 Å². The molecule has 0 radical (unpaired) electrons. The monoisotopic (exact) mass is 657 g/mol. The third kappa shape index (κ3) is 4.79. The third-order valence-corrected chi connectivity index (χ3v) is 10.5. The number of fused-ring (bicyclic) bond motifs is 6. The second-order valence-electron chi connectivity index (χ2n) is 12.4. The standard InChI is InChI=1S/C45H27N3OS/c1-3-12-28(13-4-1)29-22-24-30(25-23-29)32-26-36(42-34-17-8-10-21-39(34)50-40(42)27-32)45-47-43(31-14-5-2-6-15-31)46-44(48-45)35-18-11-20-38-41(35)33-16-7-9-19-37(33)49-38/h1-27H. The average molecular weight is 658 g/mol. The van der Waals surface area contributed by atoms with Crippen molar-refractivity contribution in [3.63, 3.8) is 0 Å². The SMILES string of the molecule is c1ccc(-c2ccc(-c3cc(-c4nc(-c5ccccc5)nc(-c5cccc6oc7ccccc7c56)n4)c4c(c3)sc3ccccc34)cc2)cc1. The van der Waals surface area contributed by atoms with E-state index in [0.717, 1.165) is 55.1 Å². The Bertz CT molecular complexity index is 2860. The lowest BCUT2D eigenvalue weighted by atomic mass is 9.96. The molecule has 4 nitrogen and oxygen atoms in total. The van der Waals surface area contributed by atoms with Crippen LogP contribution in [-0.4, -0.2) is 15.0 Å². The van der Waals surface area contributed by atoms with Crippen molar-refractivity contribution in [3.8, 4) is 56.4 Å². The molecule has 0 bridgehead atoms. The highest BCUT2D eigenvalue weighted by Crippen LogP contribution is 2.43. The molecule has 7 aromatic carbocycles. The Morgan fingerprint density at radius 3 is 1.72 bits per heavy atom. The van der Waals surface area contributed by atoms with Gasteiger partial charge in [0.25, 0.3) is 0 Å². The fraction of sp³-hybridized carbons (Fsp3) is 0. The number of nitrogens with zero attached hydrogens (tertiary/aromatic N) is 3. The molecule has 50 heavy (non-hydrogen) atoms. The van der Waals surface area contributed by atoms with Gasteiger partial charge in [0.15, 0.2) is 17.5 Å². The number of thiophene rings is 1. The van der Waals surface area contributed by atoms with E-state index in [1.807, 2.05) is 54.6 Å². The van der Waals surface area contributed by atoms with Gasteiger partial charge in [-0.3, -0.25) is 0 Å². The fourth-order valence-corrected chi connectivity index (χ4v) is 8.15. The lowest BCUT2D eigenvalue weighted by Gasteiger charge is -2.12. The van der Waals surface area contributed by atoms with E-state index < -0.39 is 0 Å². The first-order valence-electron chi connectivity index (χ1n) is 16.6. The Kier molecular flexibility index (Phi) is 6.64. The minimum atomic E-state index is 0.608. The van der Waals surface area contributed by atoms with E-state index in [2.05, 4.69) is 109 Å². The summed E-state index contributed by atoms with van der Waals surface area (Å²) in [6, 6.07) is 56.9. The van der Waals surface area contributed by atoms with Gasteiger partial charge in [-0.25, -0.2) is 15.0 Å². The van der Waals surface area contributed by atoms with Crippen LogP contribution in [0.1, 0.15) is 0 Å². The molecule has 0 amide bonds. The van der Waals surface area contributed by atoms with Gasteiger partial charge in [-0.2, -0.15) is 0 Å². The smallest absolute Gasteiger partial charge is 0.164 e. The summed E-state index contributed by atoms with van der Waals surface area (Å²) in [7, 11) is 0. The number of aromatic nitrogens is 3. The van der Waals surface area contributed by atoms with Crippen LogP contribution >= 0.6 is 11.3 Å². The Hall–Kier alpha value is -6.43. The molecule has 0 spiro atoms. The fourth-order valence-electron chi connectivity index (χ4n) is 6.98. The van der Waals surface area contributed by atoms with E-state index in [0.29, 0.717) is 17.5 Å². The summed E-state index contributed by atoms with van der Waals surface area (Å²) in [5, 5.41) is 4.38. The first kappa shape index (κ1) is 28.6. The molecule has 0 atom stereocenters. The number of benzene rings is 7. The van der Waals surface area contributed by atoms with Crippen LogP contribution in [0.15, 0.2) is 168 Å². The van der Waals surface area contributed by atoms with E-state index in [-0.39, 0.29) is 0 Å². The zero-order valence-corrected chi connectivity index (χ0v) is 27.6. The number of hydrogen-bond acceptors (Lipinski definition) is 5. The number of furan rings is 1. The van der Waals surface area contributed by atoms with Gasteiger partial charge < -0.3 is 4.42 Å². The number of rotatable bonds is 5. The molecule has 10 aromatic rings. The highest BCUT2D eigenvalue weighted by Gasteiger charge is 2.21. The van der Waals surface area contributed by atoms with Crippen molar-refractivity contribution >= 4 is 53.4 Å². The molecule has 3 aromatic heterocycles. The van der Waals surface area contributed by atoms with Gasteiger partial charge >= 0.3 is 0 Å². The molecule has 0 saturated carbocycles. The van der Waals surface area contributed by atoms with Crippen molar-refractivity contribution in [2.45, 2.75) is 0 Å². The van der Waals surface area contributed by atoms with Crippen LogP contribution in [0.25, 0.3) is 98.5 Å². The summed E-state index contributed by atoms with van der Waals surface area (Å²) >= 11 is 1.80. The summed E-state index contributed by atoms with van der Waals surface area (Å²) in [6.45, 7) is 0. The van der Waals surface area contributed by atoms with Crippen molar-refractivity contribution in [3.05, 3.63) is 164 Å². The highest BCUT2D eigenvalue weighted by atomic mass is 32.1. The number of para-hydroxylation sites is 1. The van der Waals surface area contributed by atoms with Crippen molar-refractivity contribution in [1.82, 2.24) is 15.0 Å². The molecule has 0 aliphatic carbocycles. The lowest BCUT2D eigenvalue weighted by Crippen LogP contribution is -2.01. The minimum Gasteiger partial charge on any atom is -0.456 e. The van der Waals surface area contributed by atoms with E-state index >= 15 is 0 Å². The zero-order valence-electron chi connectivity index (χ0n) is 26.7. The van der Waals surface area contributed by atoms with Gasteiger partial charge in [0.2, 0.25) is 0 Å². The molecule has 0 aliphatic heterocycles. The summed E-state index contributed by atoms with van der Waals surface area (Å²) in [5.41, 5.74) is 9.10. The Balaban J connectivity index is 1.24. The maximum absolute atomic E-state index is 6.27. The first-order chi connectivity index (χ1) is 24.8. The summed E-state index contributed by atoms with van der Waals surface area (Å²) in [6.07, 6.45) is 0. The maximum Gasteiger partial charge on any atom is 0.164 e. The minimum absolute atomic E-state index is 0.608. The second kappa shape index (κ2) is 11.6. The van der Waals surface area contributed by atoms with E-state index in [9.17, 15) is 0 Å². The van der Waals surface area contributed by atoms with Crippen LogP contribution < -0.4 is 0 Å².